The van der Waals surface area contributed by atoms with Crippen LogP contribution in [0.5, 0.6) is 0 Å². The first-order chi connectivity index (χ1) is 8.66. The smallest absolute Gasteiger partial charge is 0.123 e. The molecule has 1 aromatic rings. The molecule has 0 amide bonds. The van der Waals surface area contributed by atoms with Crippen molar-refractivity contribution in [3.05, 3.63) is 35.6 Å². The van der Waals surface area contributed by atoms with Crippen LogP contribution >= 0.6 is 0 Å². The lowest BCUT2D eigenvalue weighted by Gasteiger charge is -2.25. The van der Waals surface area contributed by atoms with E-state index in [0.717, 1.165) is 6.54 Å². The first kappa shape index (κ1) is 13.5. The Balaban J connectivity index is 1.82. The largest absolute Gasteiger partial charge is 0.388 e. The Kier molecular flexibility index (Phi) is 4.72. The molecule has 1 aliphatic rings. The lowest BCUT2D eigenvalue weighted by Crippen LogP contribution is -2.30. The highest BCUT2D eigenvalue weighted by Gasteiger charge is 2.20. The second-order valence-electron chi connectivity index (χ2n) is 5.28. The fourth-order valence-electron chi connectivity index (χ4n) is 2.73. The third kappa shape index (κ3) is 3.53. The van der Waals surface area contributed by atoms with Crippen molar-refractivity contribution in [3.8, 4) is 0 Å². The molecule has 0 bridgehead atoms. The maximum Gasteiger partial charge on any atom is 0.123 e. The minimum Gasteiger partial charge on any atom is -0.388 e. The van der Waals surface area contributed by atoms with Crippen molar-refractivity contribution in [1.29, 1.82) is 0 Å². The van der Waals surface area contributed by atoms with E-state index in [0.29, 0.717) is 18.0 Å². The summed E-state index contributed by atoms with van der Waals surface area (Å²) in [7, 11) is 2.12. The molecule has 18 heavy (non-hydrogen) atoms. The molecule has 1 aromatic carbocycles. The average molecular weight is 251 g/mol. The summed E-state index contributed by atoms with van der Waals surface area (Å²) in [6, 6.07) is 6.92. The van der Waals surface area contributed by atoms with Crippen LogP contribution < -0.4 is 0 Å². The van der Waals surface area contributed by atoms with E-state index in [-0.39, 0.29) is 5.82 Å². The first-order valence-corrected chi connectivity index (χ1v) is 6.80. The van der Waals surface area contributed by atoms with Gasteiger partial charge in [-0.1, -0.05) is 25.0 Å². The van der Waals surface area contributed by atoms with Crippen LogP contribution in [0.1, 0.15) is 43.8 Å². The van der Waals surface area contributed by atoms with Crippen LogP contribution in [0.15, 0.2) is 24.3 Å². The van der Waals surface area contributed by atoms with Gasteiger partial charge in [-0.3, -0.25) is 0 Å². The zero-order chi connectivity index (χ0) is 13.0. The van der Waals surface area contributed by atoms with Crippen LogP contribution in [0.4, 0.5) is 4.39 Å². The van der Waals surface area contributed by atoms with Crippen molar-refractivity contribution in [2.24, 2.45) is 0 Å². The number of hydrogen-bond acceptors (Lipinski definition) is 2. The average Bonchev–Trinajstić information content (AvgIpc) is 2.89. The van der Waals surface area contributed by atoms with Crippen molar-refractivity contribution in [2.45, 2.75) is 44.2 Å². The Bertz CT molecular complexity index is 377. The number of hydrogen-bond donors (Lipinski definition) is 1. The van der Waals surface area contributed by atoms with E-state index in [1.807, 2.05) is 0 Å². The Morgan fingerprint density at radius 2 is 2.11 bits per heavy atom. The Labute approximate surface area is 108 Å². The van der Waals surface area contributed by atoms with Crippen molar-refractivity contribution in [1.82, 2.24) is 4.90 Å². The molecule has 1 N–H and O–H groups in total. The summed E-state index contributed by atoms with van der Waals surface area (Å²) in [5.41, 5.74) is 0.676. The molecule has 1 unspecified atom stereocenters. The Morgan fingerprint density at radius 1 is 1.39 bits per heavy atom. The molecular weight excluding hydrogens is 229 g/mol. The van der Waals surface area contributed by atoms with Gasteiger partial charge in [-0.25, -0.2) is 4.39 Å². The first-order valence-electron chi connectivity index (χ1n) is 6.80. The second kappa shape index (κ2) is 6.30. The molecule has 3 heteroatoms. The van der Waals surface area contributed by atoms with Gasteiger partial charge in [0.2, 0.25) is 0 Å². The number of rotatable bonds is 5. The van der Waals surface area contributed by atoms with Crippen molar-refractivity contribution >= 4 is 0 Å². The van der Waals surface area contributed by atoms with Gasteiger partial charge in [-0.05, 0) is 44.0 Å². The molecular formula is C15H22FNO. The molecule has 2 rings (SSSR count). The highest BCUT2D eigenvalue weighted by atomic mass is 19.1. The van der Waals surface area contributed by atoms with E-state index >= 15 is 0 Å². The van der Waals surface area contributed by atoms with Gasteiger partial charge in [0.05, 0.1) is 6.10 Å². The standard InChI is InChI=1S/C15H22FNO/c1-17(14-7-2-3-8-14)10-9-15(18)12-5-4-6-13(16)11-12/h4-6,11,14-15,18H,2-3,7-10H2,1H3. The predicted molar refractivity (Wildman–Crippen MR) is 70.9 cm³/mol. The summed E-state index contributed by atoms with van der Waals surface area (Å²) in [4.78, 5) is 2.33. The van der Waals surface area contributed by atoms with Crippen LogP contribution in [-0.4, -0.2) is 29.6 Å². The minimum atomic E-state index is -0.565. The van der Waals surface area contributed by atoms with Crippen LogP contribution in [0.3, 0.4) is 0 Å². The van der Waals surface area contributed by atoms with Crippen LogP contribution in [0, 0.1) is 5.82 Å². The zero-order valence-electron chi connectivity index (χ0n) is 11.0. The lowest BCUT2D eigenvalue weighted by atomic mass is 10.1. The van der Waals surface area contributed by atoms with Crippen molar-refractivity contribution in [3.63, 3.8) is 0 Å². The molecule has 100 valence electrons. The number of benzene rings is 1. The minimum absolute atomic E-state index is 0.282. The molecule has 1 atom stereocenters. The van der Waals surface area contributed by atoms with E-state index in [1.54, 1.807) is 12.1 Å². The molecule has 1 saturated carbocycles. The van der Waals surface area contributed by atoms with Crippen LogP contribution in [0.2, 0.25) is 0 Å². The monoisotopic (exact) mass is 251 g/mol. The third-order valence-corrected chi connectivity index (χ3v) is 3.94. The summed E-state index contributed by atoms with van der Waals surface area (Å²) < 4.78 is 13.1. The number of nitrogens with zero attached hydrogens (tertiary/aromatic N) is 1. The van der Waals surface area contributed by atoms with Crippen LogP contribution in [0.25, 0.3) is 0 Å². The quantitative estimate of drug-likeness (QED) is 0.869. The topological polar surface area (TPSA) is 23.5 Å². The molecule has 2 nitrogen and oxygen atoms in total. The molecule has 0 radical (unpaired) electrons. The Morgan fingerprint density at radius 3 is 2.78 bits per heavy atom. The van der Waals surface area contributed by atoms with Gasteiger partial charge in [0.25, 0.3) is 0 Å². The van der Waals surface area contributed by atoms with E-state index < -0.39 is 6.10 Å². The van der Waals surface area contributed by atoms with Gasteiger partial charge in [-0.15, -0.1) is 0 Å². The summed E-state index contributed by atoms with van der Waals surface area (Å²) in [6.07, 6.45) is 5.28. The molecule has 0 saturated heterocycles. The number of aliphatic hydroxyl groups excluding tert-OH is 1. The number of halogens is 1. The third-order valence-electron chi connectivity index (χ3n) is 3.94. The van der Waals surface area contributed by atoms with Gasteiger partial charge in [0, 0.05) is 12.6 Å². The van der Waals surface area contributed by atoms with Gasteiger partial charge in [-0.2, -0.15) is 0 Å². The van der Waals surface area contributed by atoms with E-state index in [4.69, 9.17) is 0 Å². The molecule has 1 aliphatic carbocycles. The van der Waals surface area contributed by atoms with Crippen LogP contribution in [-0.2, 0) is 0 Å². The highest BCUT2D eigenvalue weighted by Crippen LogP contribution is 2.24. The number of aliphatic hydroxyl groups is 1. The maximum atomic E-state index is 13.1. The normalized spacial score (nSPS) is 18.4. The van der Waals surface area contributed by atoms with Gasteiger partial charge in [0.1, 0.15) is 5.82 Å². The molecule has 0 spiro atoms. The fraction of sp³-hybridized carbons (Fsp3) is 0.600. The molecule has 0 heterocycles. The zero-order valence-corrected chi connectivity index (χ0v) is 11.0. The molecule has 0 aromatic heterocycles. The predicted octanol–water partition coefficient (Wildman–Crippen LogP) is 3.12. The second-order valence-corrected chi connectivity index (χ2v) is 5.28. The molecule has 1 fully saturated rings. The van der Waals surface area contributed by atoms with E-state index in [1.165, 1.54) is 37.8 Å². The summed E-state index contributed by atoms with van der Waals surface area (Å²) in [6.45, 7) is 0.863. The van der Waals surface area contributed by atoms with Gasteiger partial charge in [0.15, 0.2) is 0 Å². The Hall–Kier alpha value is -0.930. The maximum absolute atomic E-state index is 13.1. The van der Waals surface area contributed by atoms with Gasteiger partial charge < -0.3 is 10.0 Å². The van der Waals surface area contributed by atoms with E-state index in [2.05, 4.69) is 11.9 Å². The summed E-state index contributed by atoms with van der Waals surface area (Å²) in [5, 5.41) is 10.0. The van der Waals surface area contributed by atoms with E-state index in [9.17, 15) is 9.50 Å². The highest BCUT2D eigenvalue weighted by molar-refractivity contribution is 5.18. The van der Waals surface area contributed by atoms with Crippen molar-refractivity contribution < 1.29 is 9.50 Å². The SMILES string of the molecule is CN(CCC(O)c1cccc(F)c1)C1CCCC1. The summed E-state index contributed by atoms with van der Waals surface area (Å²) in [5.74, 6) is -0.282. The van der Waals surface area contributed by atoms with Gasteiger partial charge >= 0.3 is 0 Å². The molecule has 0 aliphatic heterocycles. The fourth-order valence-corrected chi connectivity index (χ4v) is 2.73. The lowest BCUT2D eigenvalue weighted by molar-refractivity contribution is 0.136. The van der Waals surface area contributed by atoms with Crippen molar-refractivity contribution in [2.75, 3.05) is 13.6 Å². The summed E-state index contributed by atoms with van der Waals surface area (Å²) >= 11 is 0.